The van der Waals surface area contributed by atoms with E-state index >= 15 is 0 Å². The molecule has 7 aromatic carbocycles. The van der Waals surface area contributed by atoms with Crippen LogP contribution in [-0.2, 0) is 0 Å². The number of nitrogens with one attached hydrogen (secondary N) is 2. The average Bonchev–Trinajstić information content (AvgIpc) is 3.97. The number of H-pyrrole nitrogens is 2. The van der Waals surface area contributed by atoms with Crippen molar-refractivity contribution in [1.82, 2.24) is 33.3 Å². The molecule has 7 nitrogen and oxygen atoms in total. The van der Waals surface area contributed by atoms with Gasteiger partial charge >= 0.3 is 0 Å². The molecule has 2 N–H and O–H groups in total. The van der Waals surface area contributed by atoms with Crippen LogP contribution in [0.2, 0.25) is 0 Å². The Kier molecular flexibility index (Phi) is 5.12. The first kappa shape index (κ1) is 26.8. The van der Waals surface area contributed by atoms with E-state index in [1.54, 1.807) is 0 Å². The highest BCUT2D eigenvalue weighted by molar-refractivity contribution is 6.12. The molecule has 0 radical (unpaired) electrons. The Labute approximate surface area is 289 Å². The maximum absolute atomic E-state index is 4.83. The van der Waals surface area contributed by atoms with Gasteiger partial charge in [-0.2, -0.15) is 0 Å². The lowest BCUT2D eigenvalue weighted by Gasteiger charge is -2.09. The molecule has 0 saturated carbocycles. The quantitative estimate of drug-likeness (QED) is 0.199. The highest BCUT2D eigenvalue weighted by atomic mass is 15.1. The monoisotopic (exact) mass is 653 g/mol. The fourth-order valence-electron chi connectivity index (χ4n) is 8.19. The number of aromatic nitrogens is 7. The van der Waals surface area contributed by atoms with Crippen LogP contribution >= 0.6 is 0 Å². The minimum Gasteiger partial charge on any atom is -0.323 e. The summed E-state index contributed by atoms with van der Waals surface area (Å²) in [6.45, 7) is 0. The highest BCUT2D eigenvalue weighted by Gasteiger charge is 2.17. The average molecular weight is 654 g/mol. The van der Waals surface area contributed by atoms with Gasteiger partial charge in [-0.15, -0.1) is 0 Å². The highest BCUT2D eigenvalue weighted by Crippen LogP contribution is 2.38. The van der Waals surface area contributed by atoms with E-state index in [-0.39, 0.29) is 0 Å². The van der Waals surface area contributed by atoms with E-state index < -0.39 is 0 Å². The number of aromatic amines is 2. The van der Waals surface area contributed by atoms with Crippen LogP contribution in [0.5, 0.6) is 0 Å². The number of hydrogen-bond donors (Lipinski definition) is 2. The summed E-state index contributed by atoms with van der Waals surface area (Å²) >= 11 is 0. The maximum atomic E-state index is 4.83. The first-order valence-electron chi connectivity index (χ1n) is 17.2. The Balaban J connectivity index is 1.07. The molecule has 0 unspecified atom stereocenters. The third-order valence-electron chi connectivity index (χ3n) is 10.5. The number of benzene rings is 7. The molecule has 0 aliphatic carbocycles. The number of rotatable bonds is 3. The van der Waals surface area contributed by atoms with Crippen molar-refractivity contribution in [1.29, 1.82) is 0 Å². The lowest BCUT2D eigenvalue weighted by atomic mass is 10.00. The standard InChI is InChI=1S/C44H27N7/c1-2-8-30(9-3-1)49-37-20-16-26(28-14-18-35-41(24-28)50-39-12-6-4-10-33(39)45-43(50)47-35)22-31(37)32-23-27(17-21-38(32)49)29-15-19-36-42(25-29)51-40-13-7-5-11-34(40)46-44(51)48-36/h1-25H,(H,45,47)(H,46,48). The minimum atomic E-state index is 0.858. The van der Waals surface area contributed by atoms with Crippen LogP contribution in [0.15, 0.2) is 152 Å². The zero-order valence-corrected chi connectivity index (χ0v) is 27.2. The first-order chi connectivity index (χ1) is 25.2. The fourth-order valence-corrected chi connectivity index (χ4v) is 8.19. The molecular formula is C44H27N7. The van der Waals surface area contributed by atoms with Crippen molar-refractivity contribution in [3.63, 3.8) is 0 Å². The van der Waals surface area contributed by atoms with Crippen LogP contribution in [0.25, 0.3) is 105 Å². The molecule has 5 aromatic heterocycles. The molecule has 0 spiro atoms. The molecule has 12 rings (SSSR count). The lowest BCUT2D eigenvalue weighted by Crippen LogP contribution is -1.93. The molecule has 0 aliphatic heterocycles. The SMILES string of the molecule is c1ccc(-n2c3ccc(-c4ccc5[nH]c6nc7ccccc7n6c5c4)cc3c3cc(-c4ccc5[nH]c6nc7ccccc7n6c5c4)ccc32)cc1. The van der Waals surface area contributed by atoms with Crippen molar-refractivity contribution < 1.29 is 0 Å². The fraction of sp³-hybridized carbons (Fsp3) is 0. The Hall–Kier alpha value is -7.12. The van der Waals surface area contributed by atoms with Gasteiger partial charge in [0.15, 0.2) is 0 Å². The summed E-state index contributed by atoms with van der Waals surface area (Å²) in [7, 11) is 0. The molecule has 0 bridgehead atoms. The summed E-state index contributed by atoms with van der Waals surface area (Å²) in [5, 5.41) is 2.43. The van der Waals surface area contributed by atoms with Gasteiger partial charge in [-0.1, -0.05) is 66.7 Å². The predicted octanol–water partition coefficient (Wildman–Crippen LogP) is 10.7. The van der Waals surface area contributed by atoms with Crippen molar-refractivity contribution in [3.8, 4) is 27.9 Å². The van der Waals surface area contributed by atoms with Gasteiger partial charge in [0, 0.05) is 16.5 Å². The van der Waals surface area contributed by atoms with Crippen LogP contribution in [0, 0.1) is 0 Å². The number of para-hydroxylation sites is 5. The molecule has 0 atom stereocenters. The van der Waals surface area contributed by atoms with Crippen molar-refractivity contribution in [2.75, 3.05) is 0 Å². The first-order valence-corrected chi connectivity index (χ1v) is 17.2. The summed E-state index contributed by atoms with van der Waals surface area (Å²) in [6, 6.07) is 54.3. The van der Waals surface area contributed by atoms with E-state index in [1.807, 2.05) is 12.1 Å². The van der Waals surface area contributed by atoms with Crippen molar-refractivity contribution >= 4 is 77.5 Å². The Bertz CT molecular complexity index is 3160. The second-order valence-corrected chi connectivity index (χ2v) is 13.4. The minimum absolute atomic E-state index is 0.858. The molecule has 0 amide bonds. The number of fused-ring (bicyclic) bond motifs is 13. The summed E-state index contributed by atoms with van der Waals surface area (Å²) in [5.41, 5.74) is 16.7. The van der Waals surface area contributed by atoms with Gasteiger partial charge < -0.3 is 14.5 Å². The molecule has 7 heteroatoms. The van der Waals surface area contributed by atoms with Crippen molar-refractivity contribution in [2.24, 2.45) is 0 Å². The predicted molar refractivity (Wildman–Crippen MR) is 208 cm³/mol. The molecule has 5 heterocycles. The lowest BCUT2D eigenvalue weighted by molar-refractivity contribution is 1.18. The van der Waals surface area contributed by atoms with Crippen LogP contribution < -0.4 is 0 Å². The summed E-state index contributed by atoms with van der Waals surface area (Å²) in [6.07, 6.45) is 0. The summed E-state index contributed by atoms with van der Waals surface area (Å²) in [4.78, 5) is 16.7. The van der Waals surface area contributed by atoms with E-state index in [9.17, 15) is 0 Å². The van der Waals surface area contributed by atoms with Gasteiger partial charge in [-0.25, -0.2) is 9.97 Å². The van der Waals surface area contributed by atoms with E-state index in [0.717, 1.165) is 72.5 Å². The van der Waals surface area contributed by atoms with Crippen LogP contribution in [0.3, 0.4) is 0 Å². The zero-order chi connectivity index (χ0) is 33.2. The van der Waals surface area contributed by atoms with Crippen molar-refractivity contribution in [2.45, 2.75) is 0 Å². The maximum Gasteiger partial charge on any atom is 0.213 e. The third-order valence-corrected chi connectivity index (χ3v) is 10.5. The molecular weight excluding hydrogens is 627 g/mol. The summed E-state index contributed by atoms with van der Waals surface area (Å²) < 4.78 is 6.83. The molecule has 0 saturated heterocycles. The van der Waals surface area contributed by atoms with Gasteiger partial charge in [-0.3, -0.25) is 8.80 Å². The largest absolute Gasteiger partial charge is 0.323 e. The van der Waals surface area contributed by atoms with Crippen LogP contribution in [0.1, 0.15) is 0 Å². The Morgan fingerprint density at radius 3 is 1.35 bits per heavy atom. The second kappa shape index (κ2) is 9.74. The second-order valence-electron chi connectivity index (χ2n) is 13.4. The van der Waals surface area contributed by atoms with Gasteiger partial charge in [0.05, 0.1) is 55.2 Å². The third kappa shape index (κ3) is 3.72. The van der Waals surface area contributed by atoms with Gasteiger partial charge in [0.25, 0.3) is 0 Å². The topological polar surface area (TPSA) is 71.1 Å². The number of nitrogens with zero attached hydrogens (tertiary/aromatic N) is 5. The molecule has 0 fully saturated rings. The normalized spacial score (nSPS) is 12.3. The molecule has 51 heavy (non-hydrogen) atoms. The van der Waals surface area contributed by atoms with E-state index in [4.69, 9.17) is 9.97 Å². The van der Waals surface area contributed by atoms with Crippen LogP contribution in [0.4, 0.5) is 0 Å². The Morgan fingerprint density at radius 2 is 0.824 bits per heavy atom. The van der Waals surface area contributed by atoms with Gasteiger partial charge in [0.2, 0.25) is 11.6 Å². The molecule has 0 aliphatic rings. The molecule has 12 aromatic rings. The number of hydrogen-bond acceptors (Lipinski definition) is 2. The van der Waals surface area contributed by atoms with E-state index in [0.29, 0.717) is 0 Å². The summed E-state index contributed by atoms with van der Waals surface area (Å²) in [5.74, 6) is 1.72. The van der Waals surface area contributed by atoms with E-state index in [2.05, 4.69) is 163 Å². The van der Waals surface area contributed by atoms with Gasteiger partial charge in [0.1, 0.15) is 0 Å². The smallest absolute Gasteiger partial charge is 0.213 e. The van der Waals surface area contributed by atoms with Gasteiger partial charge in [-0.05, 0) is 107 Å². The molecule has 238 valence electrons. The zero-order valence-electron chi connectivity index (χ0n) is 27.2. The van der Waals surface area contributed by atoms with Crippen LogP contribution in [-0.4, -0.2) is 33.3 Å². The Morgan fingerprint density at radius 1 is 0.373 bits per heavy atom. The van der Waals surface area contributed by atoms with Crippen molar-refractivity contribution in [3.05, 3.63) is 152 Å². The van der Waals surface area contributed by atoms with E-state index in [1.165, 1.54) is 32.9 Å². The number of imidazole rings is 4.